The van der Waals surface area contributed by atoms with Crippen LogP contribution in [-0.2, 0) is 0 Å². The highest BCUT2D eigenvalue weighted by Gasteiger charge is 2.20. The van der Waals surface area contributed by atoms with Gasteiger partial charge in [0.1, 0.15) is 11.2 Å². The van der Waals surface area contributed by atoms with Gasteiger partial charge in [0.2, 0.25) is 0 Å². The molecule has 2 heterocycles. The molecule has 0 aliphatic rings. The molecule has 3 heteroatoms. The first kappa shape index (κ1) is 31.2. The van der Waals surface area contributed by atoms with Crippen molar-refractivity contribution < 1.29 is 4.42 Å². The number of para-hydroxylation sites is 3. The van der Waals surface area contributed by atoms with Gasteiger partial charge in [-0.05, 0) is 94.2 Å². The molecule has 0 spiro atoms. The summed E-state index contributed by atoms with van der Waals surface area (Å²) in [5.41, 5.74) is 13.0. The van der Waals surface area contributed by atoms with E-state index in [0.29, 0.717) is 0 Å². The smallest absolute Gasteiger partial charge is 0.143 e. The molecule has 0 saturated carbocycles. The minimum atomic E-state index is 0.882. The zero-order chi connectivity index (χ0) is 36.3. The largest absolute Gasteiger partial charge is 0.455 e. The Bertz CT molecular complexity index is 3190. The second kappa shape index (κ2) is 12.6. The van der Waals surface area contributed by atoms with Crippen LogP contribution in [0, 0.1) is 0 Å². The maximum Gasteiger partial charge on any atom is 0.143 e. The lowest BCUT2D eigenvalue weighted by molar-refractivity contribution is 0.670. The standard InChI is InChI=1S/C52H34N2O/c1-3-13-35(14-4-1)39-26-30-45-44-19-9-11-21-49(44)54(50(45)32-39)43-33-47(52-48(34-43)46-20-10-12-22-51(46)55-52)37-24-27-41(28-25-37)53(40-17-5-2-6-18-40)42-29-23-36-15-7-8-16-38(36)31-42/h1-34H. The van der Waals surface area contributed by atoms with Crippen molar-refractivity contribution >= 4 is 71.6 Å². The molecule has 0 saturated heterocycles. The summed E-state index contributed by atoms with van der Waals surface area (Å²) in [4.78, 5) is 2.33. The zero-order valence-corrected chi connectivity index (χ0v) is 29.9. The summed E-state index contributed by atoms with van der Waals surface area (Å²) in [5, 5.41) is 7.10. The molecule has 55 heavy (non-hydrogen) atoms. The van der Waals surface area contributed by atoms with Gasteiger partial charge in [-0.15, -0.1) is 0 Å². The molecule has 0 atom stereocenters. The maximum atomic E-state index is 6.70. The van der Waals surface area contributed by atoms with Gasteiger partial charge >= 0.3 is 0 Å². The number of nitrogens with zero attached hydrogens (tertiary/aromatic N) is 2. The molecule has 2 aromatic heterocycles. The number of hydrogen-bond acceptors (Lipinski definition) is 2. The second-order valence-electron chi connectivity index (χ2n) is 14.2. The number of aromatic nitrogens is 1. The van der Waals surface area contributed by atoms with Crippen molar-refractivity contribution in [2.75, 3.05) is 4.90 Å². The van der Waals surface area contributed by atoms with Crippen molar-refractivity contribution in [2.24, 2.45) is 0 Å². The molecule has 258 valence electrons. The normalized spacial score (nSPS) is 11.6. The summed E-state index contributed by atoms with van der Waals surface area (Å²) in [6, 6.07) is 73.9. The number of furan rings is 1. The Morgan fingerprint density at radius 3 is 1.84 bits per heavy atom. The van der Waals surface area contributed by atoms with Crippen LogP contribution in [0.15, 0.2) is 211 Å². The highest BCUT2D eigenvalue weighted by Crippen LogP contribution is 2.43. The van der Waals surface area contributed by atoms with Gasteiger partial charge in [0.25, 0.3) is 0 Å². The van der Waals surface area contributed by atoms with Gasteiger partial charge in [-0.3, -0.25) is 0 Å². The average Bonchev–Trinajstić information content (AvgIpc) is 3.80. The number of fused-ring (bicyclic) bond motifs is 7. The van der Waals surface area contributed by atoms with E-state index in [1.54, 1.807) is 0 Å². The predicted octanol–water partition coefficient (Wildman–Crippen LogP) is 14.6. The fourth-order valence-corrected chi connectivity index (χ4v) is 8.34. The molecular formula is C52H34N2O. The van der Waals surface area contributed by atoms with Crippen molar-refractivity contribution in [1.29, 1.82) is 0 Å². The molecule has 0 unspecified atom stereocenters. The van der Waals surface area contributed by atoms with Gasteiger partial charge in [-0.2, -0.15) is 0 Å². The lowest BCUT2D eigenvalue weighted by Gasteiger charge is -2.26. The molecule has 0 fully saturated rings. The van der Waals surface area contributed by atoms with Crippen molar-refractivity contribution in [1.82, 2.24) is 4.57 Å². The van der Waals surface area contributed by atoms with Gasteiger partial charge in [0, 0.05) is 49.9 Å². The zero-order valence-electron chi connectivity index (χ0n) is 29.9. The Morgan fingerprint density at radius 2 is 1.00 bits per heavy atom. The number of benzene rings is 9. The van der Waals surface area contributed by atoms with Crippen LogP contribution in [-0.4, -0.2) is 4.57 Å². The molecule has 0 aliphatic carbocycles. The molecule has 0 bridgehead atoms. The van der Waals surface area contributed by atoms with Crippen molar-refractivity contribution in [2.45, 2.75) is 0 Å². The molecule has 3 nitrogen and oxygen atoms in total. The predicted molar refractivity (Wildman–Crippen MR) is 231 cm³/mol. The number of anilines is 3. The summed E-state index contributed by atoms with van der Waals surface area (Å²) in [6.07, 6.45) is 0. The quantitative estimate of drug-likeness (QED) is 0.172. The molecule has 0 amide bonds. The van der Waals surface area contributed by atoms with Gasteiger partial charge < -0.3 is 13.9 Å². The summed E-state index contributed by atoms with van der Waals surface area (Å²) in [7, 11) is 0. The Kier molecular flexibility index (Phi) is 7.17. The van der Waals surface area contributed by atoms with Crippen LogP contribution in [0.2, 0.25) is 0 Å². The molecule has 11 aromatic rings. The highest BCUT2D eigenvalue weighted by molar-refractivity contribution is 6.13. The van der Waals surface area contributed by atoms with Crippen LogP contribution in [0.4, 0.5) is 17.1 Å². The summed E-state index contributed by atoms with van der Waals surface area (Å²) < 4.78 is 9.12. The third kappa shape index (κ3) is 5.20. The van der Waals surface area contributed by atoms with Gasteiger partial charge in [-0.1, -0.05) is 140 Å². The molecule has 9 aromatic carbocycles. The minimum absolute atomic E-state index is 0.882. The van der Waals surface area contributed by atoms with Gasteiger partial charge in [0.05, 0.1) is 11.0 Å². The van der Waals surface area contributed by atoms with Crippen LogP contribution >= 0.6 is 0 Å². The van der Waals surface area contributed by atoms with E-state index in [4.69, 9.17) is 4.42 Å². The maximum absolute atomic E-state index is 6.70. The summed E-state index contributed by atoms with van der Waals surface area (Å²) in [6.45, 7) is 0. The molecule has 11 rings (SSSR count). The van der Waals surface area contributed by atoms with Crippen molar-refractivity contribution in [3.05, 3.63) is 206 Å². The van der Waals surface area contributed by atoms with Crippen LogP contribution in [0.3, 0.4) is 0 Å². The van der Waals surface area contributed by atoms with E-state index in [-0.39, 0.29) is 0 Å². The van der Waals surface area contributed by atoms with E-state index in [9.17, 15) is 0 Å². The second-order valence-corrected chi connectivity index (χ2v) is 14.2. The number of rotatable bonds is 6. The van der Waals surface area contributed by atoms with E-state index in [0.717, 1.165) is 55.8 Å². The molecule has 0 radical (unpaired) electrons. The lowest BCUT2D eigenvalue weighted by atomic mass is 10.00. The van der Waals surface area contributed by atoms with Crippen LogP contribution in [0.5, 0.6) is 0 Å². The third-order valence-electron chi connectivity index (χ3n) is 10.9. The van der Waals surface area contributed by atoms with Crippen LogP contribution < -0.4 is 4.90 Å². The molecule has 0 aliphatic heterocycles. The van der Waals surface area contributed by atoms with E-state index >= 15 is 0 Å². The van der Waals surface area contributed by atoms with Crippen molar-refractivity contribution in [3.63, 3.8) is 0 Å². The van der Waals surface area contributed by atoms with E-state index in [1.807, 2.05) is 6.07 Å². The molecule has 0 N–H and O–H groups in total. The van der Waals surface area contributed by atoms with Gasteiger partial charge in [-0.25, -0.2) is 0 Å². The third-order valence-corrected chi connectivity index (χ3v) is 10.9. The Morgan fingerprint density at radius 1 is 0.364 bits per heavy atom. The summed E-state index contributed by atoms with van der Waals surface area (Å²) >= 11 is 0. The van der Waals surface area contributed by atoms with Crippen LogP contribution in [0.25, 0.3) is 82.5 Å². The van der Waals surface area contributed by atoms with E-state index in [1.165, 1.54) is 43.7 Å². The first-order valence-electron chi connectivity index (χ1n) is 18.8. The first-order valence-corrected chi connectivity index (χ1v) is 18.8. The Balaban J connectivity index is 1.11. The fourth-order valence-electron chi connectivity index (χ4n) is 8.34. The van der Waals surface area contributed by atoms with Crippen molar-refractivity contribution in [3.8, 4) is 27.9 Å². The Hall–Kier alpha value is -7.36. The Labute approximate surface area is 318 Å². The number of hydrogen-bond donors (Lipinski definition) is 0. The minimum Gasteiger partial charge on any atom is -0.455 e. The fraction of sp³-hybridized carbons (Fsp3) is 0. The average molecular weight is 703 g/mol. The first-order chi connectivity index (χ1) is 27.3. The monoisotopic (exact) mass is 702 g/mol. The summed E-state index contributed by atoms with van der Waals surface area (Å²) in [5.74, 6) is 0. The van der Waals surface area contributed by atoms with Gasteiger partial charge in [0.15, 0.2) is 0 Å². The van der Waals surface area contributed by atoms with Crippen LogP contribution in [0.1, 0.15) is 0 Å². The SMILES string of the molecule is c1ccc(-c2ccc3c4ccccc4n(-c4cc(-c5ccc(N(c6ccccc6)c6ccc7ccccc7c6)cc5)c5oc6ccccc6c5c4)c3c2)cc1. The topological polar surface area (TPSA) is 21.3 Å². The lowest BCUT2D eigenvalue weighted by Crippen LogP contribution is -2.09. The highest BCUT2D eigenvalue weighted by atomic mass is 16.3. The van der Waals surface area contributed by atoms with E-state index in [2.05, 4.69) is 210 Å². The molecular weight excluding hydrogens is 669 g/mol. The van der Waals surface area contributed by atoms with E-state index < -0.39 is 0 Å².